The topological polar surface area (TPSA) is 15.8 Å². The summed E-state index contributed by atoms with van der Waals surface area (Å²) >= 11 is 0. The quantitative estimate of drug-likeness (QED) is 0.530. The molecule has 0 amide bonds. The predicted octanol–water partition coefficient (Wildman–Crippen LogP) is 0.871. The monoisotopic (exact) mass is 141 g/mol. The summed E-state index contributed by atoms with van der Waals surface area (Å²) in [6.45, 7) is 4.82. The van der Waals surface area contributed by atoms with E-state index in [2.05, 4.69) is 4.90 Å². The fourth-order valence-electron chi connectivity index (χ4n) is 1.60. The lowest BCUT2D eigenvalue weighted by Gasteiger charge is -2.25. The minimum Gasteiger partial charge on any atom is -0.372 e. The molecule has 0 aromatic carbocycles. The van der Waals surface area contributed by atoms with E-state index in [1.807, 2.05) is 0 Å². The average molecular weight is 141 g/mol. The van der Waals surface area contributed by atoms with Gasteiger partial charge in [-0.15, -0.1) is 0 Å². The molecule has 0 radical (unpaired) electrons. The van der Waals surface area contributed by atoms with Gasteiger partial charge >= 0.3 is 0 Å². The molecule has 2 saturated heterocycles. The lowest BCUT2D eigenvalue weighted by molar-refractivity contribution is 0.207. The van der Waals surface area contributed by atoms with Crippen LogP contribution in [0.4, 0.5) is 0 Å². The Kier molecular flexibility index (Phi) is 1.91. The molecule has 2 rings (SSSR count). The van der Waals surface area contributed by atoms with E-state index in [0.717, 1.165) is 6.61 Å². The van der Waals surface area contributed by atoms with Gasteiger partial charge in [0.15, 0.2) is 0 Å². The maximum Gasteiger partial charge on any atom is 0.0936 e. The minimum atomic E-state index is 0.595. The molecule has 2 nitrogen and oxygen atoms in total. The van der Waals surface area contributed by atoms with Gasteiger partial charge in [0.05, 0.1) is 12.7 Å². The summed E-state index contributed by atoms with van der Waals surface area (Å²) in [7, 11) is 0. The fraction of sp³-hybridized carbons (Fsp3) is 1.00. The maximum absolute atomic E-state index is 5.17. The van der Waals surface area contributed by atoms with Crippen molar-refractivity contribution < 1.29 is 4.74 Å². The largest absolute Gasteiger partial charge is 0.372 e. The van der Waals surface area contributed by atoms with Crippen molar-refractivity contribution in [3.05, 3.63) is 0 Å². The van der Waals surface area contributed by atoms with E-state index in [-0.39, 0.29) is 0 Å². The van der Waals surface area contributed by atoms with E-state index >= 15 is 0 Å². The van der Waals surface area contributed by atoms with Crippen LogP contribution in [-0.2, 0) is 4.74 Å². The van der Waals surface area contributed by atoms with Gasteiger partial charge in [-0.3, -0.25) is 0 Å². The summed E-state index contributed by atoms with van der Waals surface area (Å²) in [6, 6.07) is 0. The number of likely N-dealkylation sites (tertiary alicyclic amines) is 1. The summed E-state index contributed by atoms with van der Waals surface area (Å²) in [4.78, 5) is 2.53. The van der Waals surface area contributed by atoms with Crippen LogP contribution in [0.15, 0.2) is 0 Å². The predicted molar refractivity (Wildman–Crippen MR) is 40.0 cm³/mol. The molecular formula is C8H15NO. The number of ether oxygens (including phenoxy) is 1. The zero-order valence-corrected chi connectivity index (χ0v) is 6.38. The maximum atomic E-state index is 5.17. The summed E-state index contributed by atoms with van der Waals surface area (Å²) in [5, 5.41) is 0. The van der Waals surface area contributed by atoms with Crippen LogP contribution in [0.5, 0.6) is 0 Å². The van der Waals surface area contributed by atoms with Gasteiger partial charge in [-0.2, -0.15) is 0 Å². The highest BCUT2D eigenvalue weighted by Gasteiger charge is 2.25. The number of hydrogen-bond donors (Lipinski definition) is 0. The Bertz CT molecular complexity index is 106. The van der Waals surface area contributed by atoms with Crippen LogP contribution in [0.25, 0.3) is 0 Å². The second kappa shape index (κ2) is 2.89. The van der Waals surface area contributed by atoms with Crippen molar-refractivity contribution >= 4 is 0 Å². The molecule has 10 heavy (non-hydrogen) atoms. The third-order valence-electron chi connectivity index (χ3n) is 2.31. The molecule has 0 saturated carbocycles. The van der Waals surface area contributed by atoms with Gasteiger partial charge in [0.2, 0.25) is 0 Å². The summed E-state index contributed by atoms with van der Waals surface area (Å²) in [5.74, 6) is 0. The Hall–Kier alpha value is -0.0800. The molecule has 0 spiro atoms. The first-order chi connectivity index (χ1) is 4.95. The first-order valence-corrected chi connectivity index (χ1v) is 4.29. The smallest absolute Gasteiger partial charge is 0.0936 e. The van der Waals surface area contributed by atoms with Crippen molar-refractivity contribution in [3.8, 4) is 0 Å². The molecule has 2 fully saturated rings. The number of epoxide rings is 1. The van der Waals surface area contributed by atoms with Crippen LogP contribution in [-0.4, -0.2) is 37.2 Å². The molecule has 1 atom stereocenters. The highest BCUT2D eigenvalue weighted by molar-refractivity contribution is 4.76. The first kappa shape index (κ1) is 6.62. The number of piperidine rings is 1. The van der Waals surface area contributed by atoms with Gasteiger partial charge in [-0.25, -0.2) is 0 Å². The fourth-order valence-corrected chi connectivity index (χ4v) is 1.60. The van der Waals surface area contributed by atoms with Crippen molar-refractivity contribution in [1.29, 1.82) is 0 Å². The third kappa shape index (κ3) is 1.70. The molecule has 2 heterocycles. The van der Waals surface area contributed by atoms with E-state index in [0.29, 0.717) is 6.10 Å². The minimum absolute atomic E-state index is 0.595. The van der Waals surface area contributed by atoms with E-state index < -0.39 is 0 Å². The molecule has 58 valence electrons. The van der Waals surface area contributed by atoms with Gasteiger partial charge in [-0.05, 0) is 25.9 Å². The molecule has 0 aromatic rings. The second-order valence-electron chi connectivity index (χ2n) is 3.32. The standard InChI is InChI=1S/C8H15NO/c1-2-4-9(5-3-1)6-8-7-10-8/h8H,1-7H2. The molecule has 2 heteroatoms. The van der Waals surface area contributed by atoms with Gasteiger partial charge in [0.25, 0.3) is 0 Å². The Morgan fingerprint density at radius 1 is 1.20 bits per heavy atom. The van der Waals surface area contributed by atoms with Crippen LogP contribution < -0.4 is 0 Å². The van der Waals surface area contributed by atoms with Crippen LogP contribution >= 0.6 is 0 Å². The molecule has 2 aliphatic rings. The highest BCUT2D eigenvalue weighted by atomic mass is 16.6. The Morgan fingerprint density at radius 2 is 1.90 bits per heavy atom. The summed E-state index contributed by atoms with van der Waals surface area (Å²) in [5.41, 5.74) is 0. The van der Waals surface area contributed by atoms with Crippen molar-refractivity contribution in [2.45, 2.75) is 25.4 Å². The SMILES string of the molecule is C1CCN(CC2CO2)CC1. The highest BCUT2D eigenvalue weighted by Crippen LogP contribution is 2.14. The van der Waals surface area contributed by atoms with Gasteiger partial charge < -0.3 is 9.64 Å². The lowest BCUT2D eigenvalue weighted by atomic mass is 10.1. The molecule has 0 aliphatic carbocycles. The second-order valence-corrected chi connectivity index (χ2v) is 3.32. The van der Waals surface area contributed by atoms with Gasteiger partial charge in [0.1, 0.15) is 0 Å². The van der Waals surface area contributed by atoms with Crippen molar-refractivity contribution in [3.63, 3.8) is 0 Å². The van der Waals surface area contributed by atoms with Crippen molar-refractivity contribution in [2.24, 2.45) is 0 Å². The van der Waals surface area contributed by atoms with Crippen LogP contribution in [0.2, 0.25) is 0 Å². The van der Waals surface area contributed by atoms with Crippen LogP contribution in [0.1, 0.15) is 19.3 Å². The number of nitrogens with zero attached hydrogens (tertiary/aromatic N) is 1. The van der Waals surface area contributed by atoms with Crippen LogP contribution in [0.3, 0.4) is 0 Å². The molecule has 2 aliphatic heterocycles. The van der Waals surface area contributed by atoms with E-state index in [4.69, 9.17) is 4.74 Å². The molecule has 1 unspecified atom stereocenters. The first-order valence-electron chi connectivity index (χ1n) is 4.29. The van der Waals surface area contributed by atoms with Crippen molar-refractivity contribution in [1.82, 2.24) is 4.90 Å². The number of hydrogen-bond acceptors (Lipinski definition) is 2. The van der Waals surface area contributed by atoms with Crippen LogP contribution in [0, 0.1) is 0 Å². The molecular weight excluding hydrogens is 126 g/mol. The number of rotatable bonds is 2. The van der Waals surface area contributed by atoms with Gasteiger partial charge in [-0.1, -0.05) is 6.42 Å². The zero-order valence-electron chi connectivity index (χ0n) is 6.38. The Labute approximate surface area is 62.2 Å². The lowest BCUT2D eigenvalue weighted by Crippen LogP contribution is -2.32. The van der Waals surface area contributed by atoms with Crippen molar-refractivity contribution in [2.75, 3.05) is 26.2 Å². The van der Waals surface area contributed by atoms with Gasteiger partial charge in [0, 0.05) is 6.54 Å². The summed E-state index contributed by atoms with van der Waals surface area (Å²) in [6.07, 6.45) is 4.82. The molecule has 0 aromatic heterocycles. The zero-order chi connectivity index (χ0) is 6.81. The Morgan fingerprint density at radius 3 is 2.50 bits per heavy atom. The average Bonchev–Trinajstić information content (AvgIpc) is 2.74. The third-order valence-corrected chi connectivity index (χ3v) is 2.31. The van der Waals surface area contributed by atoms with E-state index in [1.165, 1.54) is 38.9 Å². The summed E-state index contributed by atoms with van der Waals surface area (Å²) < 4.78 is 5.17. The molecule has 0 N–H and O–H groups in total. The molecule has 0 bridgehead atoms. The van der Waals surface area contributed by atoms with E-state index in [9.17, 15) is 0 Å². The normalized spacial score (nSPS) is 34.2. The van der Waals surface area contributed by atoms with E-state index in [1.54, 1.807) is 0 Å². The Balaban J connectivity index is 1.69.